The summed E-state index contributed by atoms with van der Waals surface area (Å²) >= 11 is 0. The van der Waals surface area contributed by atoms with Crippen LogP contribution in [0.5, 0.6) is 0 Å². The Morgan fingerprint density at radius 3 is 2.50 bits per heavy atom. The highest BCUT2D eigenvalue weighted by Crippen LogP contribution is 2.28. The first-order valence-electron chi connectivity index (χ1n) is 3.57. The van der Waals surface area contributed by atoms with E-state index in [-0.39, 0.29) is 0 Å². The zero-order valence-corrected chi connectivity index (χ0v) is 6.37. The summed E-state index contributed by atoms with van der Waals surface area (Å²) in [5.74, 6) is 0. The van der Waals surface area contributed by atoms with E-state index in [9.17, 15) is 10.2 Å². The predicted molar refractivity (Wildman–Crippen MR) is 36.7 cm³/mol. The second-order valence-corrected chi connectivity index (χ2v) is 3.01. The molecule has 0 spiro atoms. The van der Waals surface area contributed by atoms with Gasteiger partial charge in [-0.25, -0.2) is 0 Å². The van der Waals surface area contributed by atoms with E-state index in [1.54, 1.807) is 13.8 Å². The average Bonchev–Trinajstić information content (AvgIpc) is 2.15. The molecule has 0 saturated carbocycles. The van der Waals surface area contributed by atoms with E-state index >= 15 is 0 Å². The number of hydrogen-bond acceptors (Lipinski definition) is 3. The zero-order chi connectivity index (χ0) is 7.78. The normalized spacial score (nSPS) is 43.8. The zero-order valence-electron chi connectivity index (χ0n) is 6.37. The maximum absolute atomic E-state index is 9.33. The van der Waals surface area contributed by atoms with Gasteiger partial charge in [0.05, 0.1) is 18.8 Å². The van der Waals surface area contributed by atoms with Crippen molar-refractivity contribution < 1.29 is 14.9 Å². The van der Waals surface area contributed by atoms with Crippen LogP contribution in [-0.2, 0) is 4.74 Å². The van der Waals surface area contributed by atoms with Crippen LogP contribution in [0.2, 0.25) is 0 Å². The lowest BCUT2D eigenvalue weighted by atomic mass is 9.94. The van der Waals surface area contributed by atoms with Gasteiger partial charge in [0.1, 0.15) is 5.60 Å². The number of ether oxygens (including phenoxy) is 1. The molecule has 0 aromatic carbocycles. The van der Waals surface area contributed by atoms with Crippen molar-refractivity contribution in [3.63, 3.8) is 0 Å². The molecule has 0 amide bonds. The summed E-state index contributed by atoms with van der Waals surface area (Å²) in [6.45, 7) is 3.91. The molecule has 0 aromatic heterocycles. The molecule has 1 fully saturated rings. The van der Waals surface area contributed by atoms with Crippen molar-refractivity contribution in [2.45, 2.75) is 38.1 Å². The fraction of sp³-hybridized carbons (Fsp3) is 1.00. The minimum atomic E-state index is -0.736. The third kappa shape index (κ3) is 1.05. The highest BCUT2D eigenvalue weighted by atomic mass is 16.5. The summed E-state index contributed by atoms with van der Waals surface area (Å²) < 4.78 is 5.21. The molecular formula is C7H14O3. The van der Waals surface area contributed by atoms with Gasteiger partial charge in [0, 0.05) is 0 Å². The molecule has 2 N–H and O–H groups in total. The maximum Gasteiger partial charge on any atom is 0.117 e. The van der Waals surface area contributed by atoms with Crippen molar-refractivity contribution >= 4 is 0 Å². The fourth-order valence-electron chi connectivity index (χ4n) is 1.17. The van der Waals surface area contributed by atoms with Crippen LogP contribution in [0.15, 0.2) is 0 Å². The van der Waals surface area contributed by atoms with E-state index in [0.29, 0.717) is 13.0 Å². The molecule has 1 aliphatic rings. The molecule has 0 radical (unpaired) electrons. The molecule has 1 aliphatic heterocycles. The molecule has 0 unspecified atom stereocenters. The van der Waals surface area contributed by atoms with E-state index in [4.69, 9.17) is 4.74 Å². The van der Waals surface area contributed by atoms with Gasteiger partial charge >= 0.3 is 0 Å². The summed E-state index contributed by atoms with van der Waals surface area (Å²) in [5, 5.41) is 18.5. The van der Waals surface area contributed by atoms with Crippen molar-refractivity contribution in [1.82, 2.24) is 0 Å². The van der Waals surface area contributed by atoms with Crippen LogP contribution in [0.3, 0.4) is 0 Å². The van der Waals surface area contributed by atoms with Crippen LogP contribution in [0, 0.1) is 0 Å². The number of aliphatic hydroxyl groups excluding tert-OH is 2. The number of aliphatic hydroxyl groups is 2. The Balaban J connectivity index is 2.66. The third-order valence-electron chi connectivity index (χ3n) is 2.30. The van der Waals surface area contributed by atoms with Crippen LogP contribution in [0.25, 0.3) is 0 Å². The minimum absolute atomic E-state index is 0.521. The predicted octanol–water partition coefficient (Wildman–Crippen LogP) is -0.0929. The summed E-state index contributed by atoms with van der Waals surface area (Å²) in [7, 11) is 0. The van der Waals surface area contributed by atoms with Gasteiger partial charge < -0.3 is 14.9 Å². The molecule has 0 aromatic rings. The summed E-state index contributed by atoms with van der Waals surface area (Å²) in [6.07, 6.45) is -0.501. The third-order valence-corrected chi connectivity index (χ3v) is 2.30. The molecule has 0 bridgehead atoms. The largest absolute Gasteiger partial charge is 0.390 e. The van der Waals surface area contributed by atoms with Crippen LogP contribution in [-0.4, -0.2) is 34.6 Å². The first-order chi connectivity index (χ1) is 4.57. The number of rotatable bonds is 1. The quantitative estimate of drug-likeness (QED) is 0.543. The number of hydrogen-bond donors (Lipinski definition) is 2. The standard InChI is InChI=1S/C7H14O3/c1-5(8)7(2)6(9)3-4-10-7/h5-6,8-9H,3-4H2,1-2H3/t5-,6+,7-/m0/s1. The van der Waals surface area contributed by atoms with Crippen molar-refractivity contribution in [2.75, 3.05) is 6.61 Å². The first kappa shape index (κ1) is 7.98. The Kier molecular flexibility index (Phi) is 1.99. The molecule has 3 atom stereocenters. The lowest BCUT2D eigenvalue weighted by Crippen LogP contribution is -2.45. The Labute approximate surface area is 60.6 Å². The second-order valence-electron chi connectivity index (χ2n) is 3.01. The fourth-order valence-corrected chi connectivity index (χ4v) is 1.17. The van der Waals surface area contributed by atoms with Crippen molar-refractivity contribution in [3.8, 4) is 0 Å². The molecule has 0 aliphatic carbocycles. The molecule has 1 saturated heterocycles. The minimum Gasteiger partial charge on any atom is -0.390 e. The van der Waals surface area contributed by atoms with Gasteiger partial charge in [-0.05, 0) is 20.3 Å². The van der Waals surface area contributed by atoms with E-state index in [2.05, 4.69) is 0 Å². The van der Waals surface area contributed by atoms with Gasteiger partial charge in [0.2, 0.25) is 0 Å². The summed E-state index contributed by atoms with van der Waals surface area (Å²) in [5.41, 5.74) is -0.736. The lowest BCUT2D eigenvalue weighted by molar-refractivity contribution is -0.114. The molecule has 60 valence electrons. The van der Waals surface area contributed by atoms with Crippen LogP contribution >= 0.6 is 0 Å². The average molecular weight is 146 g/mol. The van der Waals surface area contributed by atoms with Gasteiger partial charge in [-0.3, -0.25) is 0 Å². The smallest absolute Gasteiger partial charge is 0.117 e. The topological polar surface area (TPSA) is 49.7 Å². The second kappa shape index (κ2) is 2.49. The van der Waals surface area contributed by atoms with E-state index in [1.165, 1.54) is 0 Å². The maximum atomic E-state index is 9.33. The first-order valence-corrected chi connectivity index (χ1v) is 3.57. The van der Waals surface area contributed by atoms with Crippen LogP contribution in [0.1, 0.15) is 20.3 Å². The Morgan fingerprint density at radius 1 is 1.70 bits per heavy atom. The molecule has 3 nitrogen and oxygen atoms in total. The van der Waals surface area contributed by atoms with Crippen molar-refractivity contribution in [2.24, 2.45) is 0 Å². The van der Waals surface area contributed by atoms with E-state index in [0.717, 1.165) is 0 Å². The van der Waals surface area contributed by atoms with Crippen LogP contribution < -0.4 is 0 Å². The molecule has 1 heterocycles. The molecule has 3 heteroatoms. The molecule has 1 rings (SSSR count). The molecular weight excluding hydrogens is 132 g/mol. The Bertz CT molecular complexity index is 124. The van der Waals surface area contributed by atoms with Gasteiger partial charge in [0.25, 0.3) is 0 Å². The monoisotopic (exact) mass is 146 g/mol. The van der Waals surface area contributed by atoms with Crippen molar-refractivity contribution in [1.29, 1.82) is 0 Å². The Morgan fingerprint density at radius 2 is 2.30 bits per heavy atom. The van der Waals surface area contributed by atoms with Crippen LogP contribution in [0.4, 0.5) is 0 Å². The van der Waals surface area contributed by atoms with E-state index in [1.807, 2.05) is 0 Å². The van der Waals surface area contributed by atoms with Gasteiger partial charge in [-0.1, -0.05) is 0 Å². The SMILES string of the molecule is C[C@H](O)[C@]1(C)OCC[C@H]1O. The summed E-state index contributed by atoms with van der Waals surface area (Å²) in [6, 6.07) is 0. The molecule has 10 heavy (non-hydrogen) atoms. The van der Waals surface area contributed by atoms with Gasteiger partial charge in [0.15, 0.2) is 0 Å². The van der Waals surface area contributed by atoms with Crippen molar-refractivity contribution in [3.05, 3.63) is 0 Å². The highest BCUT2D eigenvalue weighted by molar-refractivity contribution is 4.92. The summed E-state index contributed by atoms with van der Waals surface area (Å²) in [4.78, 5) is 0. The lowest BCUT2D eigenvalue weighted by Gasteiger charge is -2.29. The van der Waals surface area contributed by atoms with Gasteiger partial charge in [-0.2, -0.15) is 0 Å². The van der Waals surface area contributed by atoms with Gasteiger partial charge in [-0.15, -0.1) is 0 Å². The Hall–Kier alpha value is -0.120. The van der Waals surface area contributed by atoms with E-state index < -0.39 is 17.8 Å². The highest BCUT2D eigenvalue weighted by Gasteiger charge is 2.42.